The Labute approximate surface area is 77.1 Å². The van der Waals surface area contributed by atoms with Gasteiger partial charge in [-0.15, -0.1) is 0 Å². The van der Waals surface area contributed by atoms with Gasteiger partial charge in [-0.2, -0.15) is 0 Å². The Balaban J connectivity index is 2.66. The maximum Gasteiger partial charge on any atom is 0.239 e. The minimum absolute atomic E-state index is 0.0423. The summed E-state index contributed by atoms with van der Waals surface area (Å²) < 4.78 is 0. The molecular weight excluding hydrogens is 172 g/mol. The number of aliphatic hydroxyl groups excluding tert-OH is 2. The average molecular weight is 188 g/mol. The van der Waals surface area contributed by atoms with Crippen molar-refractivity contribution in [3.8, 4) is 0 Å². The first kappa shape index (κ1) is 10.4. The van der Waals surface area contributed by atoms with Gasteiger partial charge in [0.2, 0.25) is 5.91 Å². The summed E-state index contributed by atoms with van der Waals surface area (Å²) in [5.41, 5.74) is 0. The molecule has 5 nitrogen and oxygen atoms in total. The summed E-state index contributed by atoms with van der Waals surface area (Å²) in [4.78, 5) is 11.2. The molecule has 1 aliphatic rings. The van der Waals surface area contributed by atoms with Crippen LogP contribution < -0.4 is 10.6 Å². The Bertz CT molecular complexity index is 198. The number of likely N-dealkylation sites (N-methyl/N-ethyl adjacent to an activating group) is 1. The highest BCUT2D eigenvalue weighted by Crippen LogP contribution is 2.14. The summed E-state index contributed by atoms with van der Waals surface area (Å²) in [6.45, 7) is 1.87. The number of hydrogen-bond acceptors (Lipinski definition) is 4. The van der Waals surface area contributed by atoms with E-state index < -0.39 is 18.2 Å². The van der Waals surface area contributed by atoms with E-state index >= 15 is 0 Å². The van der Waals surface area contributed by atoms with E-state index in [0.29, 0.717) is 6.42 Å². The van der Waals surface area contributed by atoms with Crippen LogP contribution in [0, 0.1) is 0 Å². The van der Waals surface area contributed by atoms with Gasteiger partial charge in [0.15, 0.2) is 0 Å². The smallest absolute Gasteiger partial charge is 0.239 e. The Morgan fingerprint density at radius 1 is 1.54 bits per heavy atom. The SMILES string of the molecule is CNC(=O)C1NC(C)CC(O)C1O. The molecule has 0 aromatic carbocycles. The van der Waals surface area contributed by atoms with E-state index in [1.165, 1.54) is 7.05 Å². The number of carbonyl (C=O) groups excluding carboxylic acids is 1. The lowest BCUT2D eigenvalue weighted by molar-refractivity contribution is -0.131. The standard InChI is InChI=1S/C8H16N2O3/c1-4-3-5(11)7(12)6(10-4)8(13)9-2/h4-7,10-12H,3H2,1-2H3,(H,9,13). The molecule has 4 unspecified atom stereocenters. The van der Waals surface area contributed by atoms with Crippen molar-refractivity contribution >= 4 is 5.91 Å². The van der Waals surface area contributed by atoms with Crippen LogP contribution in [0.4, 0.5) is 0 Å². The van der Waals surface area contributed by atoms with Crippen molar-refractivity contribution in [3.05, 3.63) is 0 Å². The van der Waals surface area contributed by atoms with Gasteiger partial charge in [0, 0.05) is 13.1 Å². The highest BCUT2D eigenvalue weighted by molar-refractivity contribution is 5.82. The molecule has 1 rings (SSSR count). The van der Waals surface area contributed by atoms with Crippen molar-refractivity contribution in [3.63, 3.8) is 0 Å². The zero-order chi connectivity index (χ0) is 10.0. The predicted octanol–water partition coefficient (Wildman–Crippen LogP) is -1.80. The normalized spacial score (nSPS) is 40.0. The van der Waals surface area contributed by atoms with Gasteiger partial charge in [-0.1, -0.05) is 0 Å². The average Bonchev–Trinajstić information content (AvgIpc) is 2.10. The molecular formula is C8H16N2O3. The molecule has 0 aromatic rings. The Hall–Kier alpha value is -0.650. The van der Waals surface area contributed by atoms with Gasteiger partial charge in [0.25, 0.3) is 0 Å². The highest BCUT2D eigenvalue weighted by Gasteiger charge is 2.37. The summed E-state index contributed by atoms with van der Waals surface area (Å²) in [6.07, 6.45) is -1.37. The summed E-state index contributed by atoms with van der Waals surface area (Å²) >= 11 is 0. The quantitative estimate of drug-likeness (QED) is 0.391. The van der Waals surface area contributed by atoms with Crippen molar-refractivity contribution in [2.24, 2.45) is 0 Å². The third-order valence-corrected chi connectivity index (χ3v) is 2.32. The molecule has 1 heterocycles. The number of carbonyl (C=O) groups is 1. The van der Waals surface area contributed by atoms with Crippen molar-refractivity contribution in [2.45, 2.75) is 37.6 Å². The van der Waals surface area contributed by atoms with Gasteiger partial charge >= 0.3 is 0 Å². The zero-order valence-corrected chi connectivity index (χ0v) is 7.82. The first-order chi connectivity index (χ1) is 6.06. The molecule has 76 valence electrons. The zero-order valence-electron chi connectivity index (χ0n) is 7.82. The maximum absolute atomic E-state index is 11.2. The van der Waals surface area contributed by atoms with E-state index in [9.17, 15) is 15.0 Å². The predicted molar refractivity (Wildman–Crippen MR) is 47.1 cm³/mol. The summed E-state index contributed by atoms with van der Waals surface area (Å²) in [5, 5.41) is 24.2. The van der Waals surface area contributed by atoms with E-state index in [2.05, 4.69) is 10.6 Å². The van der Waals surface area contributed by atoms with Gasteiger partial charge in [0.1, 0.15) is 12.1 Å². The van der Waals surface area contributed by atoms with Gasteiger partial charge in [-0.05, 0) is 13.3 Å². The van der Waals surface area contributed by atoms with Crippen LogP contribution in [0.1, 0.15) is 13.3 Å². The van der Waals surface area contributed by atoms with Crippen molar-refractivity contribution in [1.29, 1.82) is 0 Å². The molecule has 0 spiro atoms. The van der Waals surface area contributed by atoms with E-state index in [1.54, 1.807) is 0 Å². The Morgan fingerprint density at radius 2 is 2.15 bits per heavy atom. The third kappa shape index (κ3) is 2.18. The lowest BCUT2D eigenvalue weighted by Gasteiger charge is -2.35. The molecule has 0 aliphatic carbocycles. The highest BCUT2D eigenvalue weighted by atomic mass is 16.3. The van der Waals surface area contributed by atoms with Crippen molar-refractivity contribution < 1.29 is 15.0 Å². The van der Waals surface area contributed by atoms with Crippen LogP contribution in [-0.2, 0) is 4.79 Å². The molecule has 1 fully saturated rings. The van der Waals surface area contributed by atoms with Crippen LogP contribution in [0.15, 0.2) is 0 Å². The first-order valence-electron chi connectivity index (χ1n) is 4.40. The monoisotopic (exact) mass is 188 g/mol. The van der Waals surface area contributed by atoms with Gasteiger partial charge in [0.05, 0.1) is 6.10 Å². The summed E-state index contributed by atoms with van der Waals surface area (Å²) in [6, 6.07) is -0.663. The Morgan fingerprint density at radius 3 is 2.69 bits per heavy atom. The van der Waals surface area contributed by atoms with Crippen LogP contribution >= 0.6 is 0 Å². The van der Waals surface area contributed by atoms with Gasteiger partial charge in [-0.25, -0.2) is 0 Å². The molecule has 1 amide bonds. The Kier molecular flexibility index (Phi) is 3.24. The number of piperidine rings is 1. The molecule has 0 bridgehead atoms. The lowest BCUT2D eigenvalue weighted by Crippen LogP contribution is -2.61. The minimum Gasteiger partial charge on any atom is -0.390 e. The van der Waals surface area contributed by atoms with Crippen LogP contribution in [0.5, 0.6) is 0 Å². The topological polar surface area (TPSA) is 81.6 Å². The number of hydrogen-bond donors (Lipinski definition) is 4. The van der Waals surface area contributed by atoms with Crippen LogP contribution in [0.3, 0.4) is 0 Å². The molecule has 1 aliphatic heterocycles. The molecule has 13 heavy (non-hydrogen) atoms. The van der Waals surface area contributed by atoms with Crippen molar-refractivity contribution in [1.82, 2.24) is 10.6 Å². The lowest BCUT2D eigenvalue weighted by atomic mass is 9.93. The van der Waals surface area contributed by atoms with E-state index in [0.717, 1.165) is 0 Å². The fourth-order valence-electron chi connectivity index (χ4n) is 1.58. The maximum atomic E-state index is 11.2. The molecule has 1 saturated heterocycles. The summed E-state index contributed by atoms with van der Waals surface area (Å²) in [5.74, 6) is -0.293. The molecule has 0 radical (unpaired) electrons. The van der Waals surface area contributed by atoms with E-state index in [1.807, 2.05) is 6.92 Å². The second-order valence-corrected chi connectivity index (χ2v) is 3.45. The largest absolute Gasteiger partial charge is 0.390 e. The molecule has 5 heteroatoms. The number of amides is 1. The molecule has 4 atom stereocenters. The van der Waals surface area contributed by atoms with Crippen LogP contribution in [-0.4, -0.2) is 47.5 Å². The second kappa shape index (κ2) is 4.04. The van der Waals surface area contributed by atoms with Gasteiger partial charge in [-0.3, -0.25) is 4.79 Å². The molecule has 0 saturated carbocycles. The number of nitrogens with one attached hydrogen (secondary N) is 2. The van der Waals surface area contributed by atoms with Crippen LogP contribution in [0.25, 0.3) is 0 Å². The first-order valence-corrected chi connectivity index (χ1v) is 4.40. The molecule has 0 aromatic heterocycles. The fraction of sp³-hybridized carbons (Fsp3) is 0.875. The second-order valence-electron chi connectivity index (χ2n) is 3.45. The van der Waals surface area contributed by atoms with E-state index in [-0.39, 0.29) is 11.9 Å². The van der Waals surface area contributed by atoms with E-state index in [4.69, 9.17) is 0 Å². The number of aliphatic hydroxyl groups is 2. The third-order valence-electron chi connectivity index (χ3n) is 2.32. The minimum atomic E-state index is -1.02. The van der Waals surface area contributed by atoms with Crippen molar-refractivity contribution in [2.75, 3.05) is 7.05 Å². The molecule has 4 N–H and O–H groups in total. The summed E-state index contributed by atoms with van der Waals surface area (Å²) in [7, 11) is 1.50. The number of rotatable bonds is 1. The van der Waals surface area contributed by atoms with Crippen LogP contribution in [0.2, 0.25) is 0 Å². The van der Waals surface area contributed by atoms with Gasteiger partial charge < -0.3 is 20.8 Å². The fourth-order valence-corrected chi connectivity index (χ4v) is 1.58.